The molecular formula is C20H24N2O2. The molecule has 1 aromatic rings. The molecule has 4 atom stereocenters. The maximum atomic E-state index is 13.3. The van der Waals surface area contributed by atoms with Gasteiger partial charge in [-0.15, -0.1) is 6.58 Å². The average Bonchev–Trinajstić information content (AvgIpc) is 2.66. The Kier molecular flexibility index (Phi) is 3.93. The molecule has 24 heavy (non-hydrogen) atoms. The molecule has 1 N–H and O–H groups in total. The van der Waals surface area contributed by atoms with Gasteiger partial charge in [0.15, 0.2) is 5.78 Å². The molecule has 4 heteroatoms. The molecule has 0 aliphatic carbocycles. The first kappa shape index (κ1) is 15.5. The topological polar surface area (TPSA) is 41.6 Å². The first-order valence-corrected chi connectivity index (χ1v) is 8.74. The minimum atomic E-state index is 0.0170. The summed E-state index contributed by atoms with van der Waals surface area (Å²) in [5.41, 5.74) is 2.82. The zero-order valence-electron chi connectivity index (χ0n) is 14.1. The fraction of sp³-hybridized carbons (Fsp3) is 0.450. The van der Waals surface area contributed by atoms with Gasteiger partial charge in [-0.3, -0.25) is 9.69 Å². The summed E-state index contributed by atoms with van der Waals surface area (Å²) in [4.78, 5) is 15.7. The molecule has 4 heterocycles. The second-order valence-corrected chi connectivity index (χ2v) is 6.97. The van der Waals surface area contributed by atoms with Gasteiger partial charge in [0.2, 0.25) is 0 Å². The highest BCUT2D eigenvalue weighted by Gasteiger charge is 2.42. The lowest BCUT2D eigenvalue weighted by molar-refractivity contribution is -0.123. The van der Waals surface area contributed by atoms with E-state index < -0.39 is 0 Å². The van der Waals surface area contributed by atoms with Gasteiger partial charge in [0.05, 0.1) is 13.2 Å². The number of nitrogens with zero attached hydrogens (tertiary/aromatic N) is 1. The second-order valence-electron chi connectivity index (χ2n) is 6.97. The third kappa shape index (κ3) is 2.46. The van der Waals surface area contributed by atoms with Gasteiger partial charge in [0.1, 0.15) is 5.75 Å². The number of fused-ring (bicyclic) bond motifs is 4. The first-order chi connectivity index (χ1) is 11.7. The van der Waals surface area contributed by atoms with Crippen LogP contribution in [0.15, 0.2) is 36.9 Å². The molecule has 0 amide bonds. The van der Waals surface area contributed by atoms with Crippen LogP contribution >= 0.6 is 0 Å². The summed E-state index contributed by atoms with van der Waals surface area (Å²) in [7, 11) is 1.66. The number of piperidine rings is 3. The van der Waals surface area contributed by atoms with Gasteiger partial charge in [-0.1, -0.05) is 12.2 Å². The molecule has 4 aliphatic rings. The van der Waals surface area contributed by atoms with Crippen LogP contribution in [-0.2, 0) is 4.79 Å². The third-order valence-corrected chi connectivity index (χ3v) is 5.79. The first-order valence-electron chi connectivity index (χ1n) is 8.74. The van der Waals surface area contributed by atoms with Crippen LogP contribution in [0.5, 0.6) is 5.75 Å². The maximum absolute atomic E-state index is 13.3. The summed E-state index contributed by atoms with van der Waals surface area (Å²) in [6.07, 6.45) is 6.24. The molecule has 3 saturated heterocycles. The summed E-state index contributed by atoms with van der Waals surface area (Å²) >= 11 is 0. The van der Waals surface area contributed by atoms with Crippen molar-refractivity contribution in [2.45, 2.75) is 18.9 Å². The highest BCUT2D eigenvalue weighted by atomic mass is 16.5. The summed E-state index contributed by atoms with van der Waals surface area (Å²) in [6.45, 7) is 6.67. The molecule has 2 bridgehead atoms. The monoisotopic (exact) mass is 324 g/mol. The number of rotatable bonds is 4. The average molecular weight is 324 g/mol. The molecule has 4 aliphatic heterocycles. The zero-order valence-corrected chi connectivity index (χ0v) is 14.1. The normalized spacial score (nSPS) is 30.8. The SMILES string of the molecule is C=CC1CN2CCC1CC2C(=O)C1=CCNc2ccc(OC)cc21. The van der Waals surface area contributed by atoms with Crippen LogP contribution in [-0.4, -0.2) is 43.5 Å². The number of benzene rings is 1. The predicted molar refractivity (Wildman–Crippen MR) is 96.2 cm³/mol. The minimum Gasteiger partial charge on any atom is -0.497 e. The number of hydrogen-bond donors (Lipinski definition) is 1. The van der Waals surface area contributed by atoms with Crippen molar-refractivity contribution in [3.05, 3.63) is 42.5 Å². The van der Waals surface area contributed by atoms with E-state index in [0.717, 1.165) is 42.1 Å². The van der Waals surface area contributed by atoms with Crippen molar-refractivity contribution >= 4 is 17.0 Å². The predicted octanol–water partition coefficient (Wildman–Crippen LogP) is 2.97. The standard InChI is InChI=1S/C20H24N2O2/c1-3-13-12-22-9-7-14(13)10-19(22)20(23)16-6-8-21-18-5-4-15(24-2)11-17(16)18/h3-6,11,13-14,19,21H,1,7-10,12H2,2H3. The lowest BCUT2D eigenvalue weighted by Crippen LogP contribution is -2.56. The second kappa shape index (κ2) is 6.10. The summed E-state index contributed by atoms with van der Waals surface area (Å²) in [5, 5.41) is 3.34. The summed E-state index contributed by atoms with van der Waals surface area (Å²) in [6, 6.07) is 5.91. The Hall–Kier alpha value is -2.07. The molecule has 0 aromatic heterocycles. The molecule has 4 nitrogen and oxygen atoms in total. The smallest absolute Gasteiger partial charge is 0.180 e. The van der Waals surface area contributed by atoms with Gasteiger partial charge in [0, 0.05) is 29.9 Å². The fourth-order valence-electron chi connectivity index (χ4n) is 4.42. The minimum absolute atomic E-state index is 0.0170. The van der Waals surface area contributed by atoms with Crippen molar-refractivity contribution in [3.8, 4) is 5.75 Å². The highest BCUT2D eigenvalue weighted by Crippen LogP contribution is 2.40. The van der Waals surface area contributed by atoms with Gasteiger partial charge in [-0.05, 0) is 49.4 Å². The van der Waals surface area contributed by atoms with Gasteiger partial charge < -0.3 is 10.1 Å². The number of ketones is 1. The van der Waals surface area contributed by atoms with E-state index in [2.05, 4.69) is 22.9 Å². The quantitative estimate of drug-likeness (QED) is 0.865. The van der Waals surface area contributed by atoms with Crippen molar-refractivity contribution in [1.82, 2.24) is 4.90 Å². The van der Waals surface area contributed by atoms with E-state index >= 15 is 0 Å². The zero-order chi connectivity index (χ0) is 16.7. The number of anilines is 1. The van der Waals surface area contributed by atoms with Crippen LogP contribution in [0, 0.1) is 11.8 Å². The lowest BCUT2D eigenvalue weighted by Gasteiger charge is -2.48. The fourth-order valence-corrected chi connectivity index (χ4v) is 4.42. The molecule has 126 valence electrons. The Morgan fingerprint density at radius 3 is 3.04 bits per heavy atom. The van der Waals surface area contributed by atoms with Crippen molar-refractivity contribution in [3.63, 3.8) is 0 Å². The Bertz CT molecular complexity index is 710. The van der Waals surface area contributed by atoms with E-state index in [9.17, 15) is 4.79 Å². The van der Waals surface area contributed by atoms with E-state index in [0.29, 0.717) is 18.4 Å². The Labute approximate surface area is 143 Å². The molecular weight excluding hydrogens is 300 g/mol. The van der Waals surface area contributed by atoms with Crippen LogP contribution in [0.25, 0.3) is 5.57 Å². The number of methoxy groups -OCH3 is 1. The highest BCUT2D eigenvalue weighted by molar-refractivity contribution is 6.25. The van der Waals surface area contributed by atoms with Crippen molar-refractivity contribution in [2.75, 3.05) is 32.1 Å². The Balaban J connectivity index is 1.62. The van der Waals surface area contributed by atoms with Crippen molar-refractivity contribution in [1.29, 1.82) is 0 Å². The molecule has 3 fully saturated rings. The van der Waals surface area contributed by atoms with E-state index in [1.807, 2.05) is 24.3 Å². The summed E-state index contributed by atoms with van der Waals surface area (Å²) < 4.78 is 5.34. The molecule has 0 spiro atoms. The summed E-state index contributed by atoms with van der Waals surface area (Å²) in [5.74, 6) is 2.19. The van der Waals surface area contributed by atoms with Gasteiger partial charge in [0.25, 0.3) is 0 Å². The Morgan fingerprint density at radius 2 is 2.33 bits per heavy atom. The van der Waals surface area contributed by atoms with E-state index in [1.165, 1.54) is 6.42 Å². The van der Waals surface area contributed by atoms with E-state index in [1.54, 1.807) is 7.11 Å². The maximum Gasteiger partial charge on any atom is 0.180 e. The van der Waals surface area contributed by atoms with E-state index in [4.69, 9.17) is 4.74 Å². The number of carbonyl (C=O) groups is 1. The third-order valence-electron chi connectivity index (χ3n) is 5.79. The number of hydrogen-bond acceptors (Lipinski definition) is 4. The van der Waals surface area contributed by atoms with Gasteiger partial charge in [-0.2, -0.15) is 0 Å². The largest absolute Gasteiger partial charge is 0.497 e. The van der Waals surface area contributed by atoms with Gasteiger partial charge >= 0.3 is 0 Å². The Morgan fingerprint density at radius 1 is 1.46 bits per heavy atom. The number of ether oxygens (including phenoxy) is 1. The van der Waals surface area contributed by atoms with Crippen LogP contribution in [0.2, 0.25) is 0 Å². The van der Waals surface area contributed by atoms with Crippen LogP contribution < -0.4 is 10.1 Å². The number of carbonyl (C=O) groups excluding carboxylic acids is 1. The molecule has 0 saturated carbocycles. The van der Waals surface area contributed by atoms with Crippen LogP contribution in [0.4, 0.5) is 5.69 Å². The van der Waals surface area contributed by atoms with Crippen molar-refractivity contribution < 1.29 is 9.53 Å². The number of Topliss-reactive ketones (excluding diaryl/α,β-unsaturated/α-hetero) is 1. The van der Waals surface area contributed by atoms with Crippen LogP contribution in [0.1, 0.15) is 18.4 Å². The lowest BCUT2D eigenvalue weighted by atomic mass is 9.73. The molecule has 5 rings (SSSR count). The molecule has 1 aromatic carbocycles. The van der Waals surface area contributed by atoms with Gasteiger partial charge in [-0.25, -0.2) is 0 Å². The van der Waals surface area contributed by atoms with E-state index in [-0.39, 0.29) is 11.8 Å². The van der Waals surface area contributed by atoms with Crippen LogP contribution in [0.3, 0.4) is 0 Å². The molecule has 0 radical (unpaired) electrons. The molecule has 4 unspecified atom stereocenters. The van der Waals surface area contributed by atoms with Crippen molar-refractivity contribution in [2.24, 2.45) is 11.8 Å². The number of nitrogens with one attached hydrogen (secondary N) is 1.